The van der Waals surface area contributed by atoms with Gasteiger partial charge in [-0.1, -0.05) is 19.4 Å². The highest BCUT2D eigenvalue weighted by atomic mass is 16.6. The van der Waals surface area contributed by atoms with Crippen LogP contribution >= 0.6 is 0 Å². The van der Waals surface area contributed by atoms with Gasteiger partial charge in [0.05, 0.1) is 12.2 Å². The molecule has 8 atom stereocenters. The van der Waals surface area contributed by atoms with E-state index in [4.69, 9.17) is 4.74 Å². The summed E-state index contributed by atoms with van der Waals surface area (Å²) in [5.41, 5.74) is 0.317. The lowest BCUT2D eigenvalue weighted by Gasteiger charge is -2.60. The summed E-state index contributed by atoms with van der Waals surface area (Å²) in [7, 11) is 0. The molecular weight excluding hydrogens is 316 g/mol. The lowest BCUT2D eigenvalue weighted by molar-refractivity contribution is -0.158. The zero-order valence-electron chi connectivity index (χ0n) is 15.4. The molecule has 1 aliphatic heterocycles. The lowest BCUT2D eigenvalue weighted by atomic mass is 9.45. The van der Waals surface area contributed by atoms with Crippen molar-refractivity contribution in [1.82, 2.24) is 0 Å². The van der Waals surface area contributed by atoms with Gasteiger partial charge in [-0.15, -0.1) is 0 Å². The maximum absolute atomic E-state index is 12.4. The Morgan fingerprint density at radius 3 is 2.80 bits per heavy atom. The summed E-state index contributed by atoms with van der Waals surface area (Å²) in [6.07, 6.45) is 6.54. The molecule has 3 saturated carbocycles. The highest BCUT2D eigenvalue weighted by molar-refractivity contribution is 5.92. The van der Waals surface area contributed by atoms with Crippen molar-refractivity contribution in [1.29, 1.82) is 0 Å². The fraction of sp³-hybridized carbons (Fsp3) is 0.810. The molecule has 136 valence electrons. The van der Waals surface area contributed by atoms with E-state index in [1.165, 1.54) is 5.57 Å². The highest BCUT2D eigenvalue weighted by Crippen LogP contribution is 2.73. The lowest BCUT2D eigenvalue weighted by Crippen LogP contribution is -2.59. The van der Waals surface area contributed by atoms with Crippen molar-refractivity contribution < 1.29 is 19.4 Å². The molecule has 1 N–H and O–H groups in total. The van der Waals surface area contributed by atoms with Gasteiger partial charge in [-0.25, -0.2) is 0 Å². The fourth-order valence-corrected chi connectivity index (χ4v) is 7.75. The molecule has 0 spiro atoms. The average molecular weight is 344 g/mol. The van der Waals surface area contributed by atoms with E-state index in [0.29, 0.717) is 24.7 Å². The minimum Gasteiger partial charge on any atom is -0.393 e. The minimum atomic E-state index is -0.636. The van der Waals surface area contributed by atoms with Crippen LogP contribution < -0.4 is 0 Å². The van der Waals surface area contributed by atoms with Gasteiger partial charge in [-0.3, -0.25) is 9.59 Å². The number of carbonyl (C=O) groups excluding carboxylic acids is 2. The highest BCUT2D eigenvalue weighted by Gasteiger charge is 2.80. The smallest absolute Gasteiger partial charge is 0.164 e. The van der Waals surface area contributed by atoms with E-state index in [9.17, 15) is 14.7 Å². The third-order valence-electron chi connectivity index (χ3n) is 8.85. The van der Waals surface area contributed by atoms with Crippen LogP contribution in [0, 0.1) is 28.6 Å². The van der Waals surface area contributed by atoms with Crippen molar-refractivity contribution in [3.05, 3.63) is 11.6 Å². The Kier molecular flexibility index (Phi) is 3.00. The van der Waals surface area contributed by atoms with Crippen LogP contribution in [0.4, 0.5) is 0 Å². The van der Waals surface area contributed by atoms with E-state index in [2.05, 4.69) is 13.8 Å². The molecule has 0 aromatic heterocycles. The van der Waals surface area contributed by atoms with Gasteiger partial charge < -0.3 is 9.84 Å². The second kappa shape index (κ2) is 4.64. The molecule has 1 heterocycles. The van der Waals surface area contributed by atoms with Gasteiger partial charge in [0.1, 0.15) is 0 Å². The van der Waals surface area contributed by atoms with Gasteiger partial charge in [-0.2, -0.15) is 0 Å². The predicted octanol–water partition coefficient (Wildman–Crippen LogP) is 2.83. The Labute approximate surface area is 149 Å². The molecule has 0 aromatic rings. The van der Waals surface area contributed by atoms with Crippen LogP contribution in [0.2, 0.25) is 0 Å². The van der Waals surface area contributed by atoms with Gasteiger partial charge >= 0.3 is 0 Å². The summed E-state index contributed by atoms with van der Waals surface area (Å²) >= 11 is 0. The SMILES string of the molecule is CC(=O)[C@@]12OC1C[C@@H]1[C@@H]3CCC4=CC(=O)CC[C@]4(C)[C@@H]3C(O)C[C@@]12C. The molecule has 4 nitrogen and oxygen atoms in total. The largest absolute Gasteiger partial charge is 0.393 e. The molecule has 1 saturated heterocycles. The third-order valence-corrected chi connectivity index (χ3v) is 8.85. The predicted molar refractivity (Wildman–Crippen MR) is 91.8 cm³/mol. The first-order valence-corrected chi connectivity index (χ1v) is 9.85. The molecule has 5 aliphatic rings. The van der Waals surface area contributed by atoms with Crippen molar-refractivity contribution >= 4 is 11.6 Å². The van der Waals surface area contributed by atoms with Crippen LogP contribution in [-0.4, -0.2) is 34.5 Å². The summed E-state index contributed by atoms with van der Waals surface area (Å²) in [5.74, 6) is 1.46. The second-order valence-electron chi connectivity index (χ2n) is 9.71. The number of ether oxygens (including phenoxy) is 1. The first kappa shape index (κ1) is 16.2. The van der Waals surface area contributed by atoms with Crippen LogP contribution in [0.25, 0.3) is 0 Å². The van der Waals surface area contributed by atoms with Crippen LogP contribution in [0.3, 0.4) is 0 Å². The molecule has 0 radical (unpaired) electrons. The maximum Gasteiger partial charge on any atom is 0.164 e. The molecule has 0 bridgehead atoms. The monoisotopic (exact) mass is 344 g/mol. The number of rotatable bonds is 1. The summed E-state index contributed by atoms with van der Waals surface area (Å²) in [4.78, 5) is 24.3. The quantitative estimate of drug-likeness (QED) is 0.743. The number of hydrogen-bond acceptors (Lipinski definition) is 4. The third kappa shape index (κ3) is 1.71. The Hall–Kier alpha value is -1.00. The van der Waals surface area contributed by atoms with Crippen molar-refractivity contribution in [2.45, 2.75) is 77.1 Å². The normalized spacial score (nSPS) is 56.2. The summed E-state index contributed by atoms with van der Waals surface area (Å²) < 4.78 is 5.93. The zero-order chi connectivity index (χ0) is 17.8. The Morgan fingerprint density at radius 2 is 2.08 bits per heavy atom. The number of ketones is 2. The van der Waals surface area contributed by atoms with E-state index < -0.39 is 11.7 Å². The molecule has 5 rings (SSSR count). The maximum atomic E-state index is 12.4. The van der Waals surface area contributed by atoms with Gasteiger partial charge in [-0.05, 0) is 68.3 Å². The standard InChI is InChI=1S/C21H28O4/c1-11(22)21-17(25-21)9-15-14-5-4-12-8-13(23)6-7-19(12,2)18(14)16(24)10-20(15,21)3/h8,14-18,24H,4-7,9-10H2,1-3H3/t14-,15+,16?,17?,18-,19-,20-,21+/m0/s1. The summed E-state index contributed by atoms with van der Waals surface area (Å²) in [6, 6.07) is 0. The van der Waals surface area contributed by atoms with E-state index >= 15 is 0 Å². The number of aliphatic hydroxyl groups excluding tert-OH is 1. The van der Waals surface area contributed by atoms with E-state index in [1.54, 1.807) is 6.92 Å². The first-order chi connectivity index (χ1) is 11.7. The van der Waals surface area contributed by atoms with Crippen molar-refractivity contribution in [2.75, 3.05) is 0 Å². The fourth-order valence-electron chi connectivity index (χ4n) is 7.75. The molecule has 2 unspecified atom stereocenters. The van der Waals surface area contributed by atoms with Gasteiger partial charge in [0, 0.05) is 11.8 Å². The van der Waals surface area contributed by atoms with E-state index in [0.717, 1.165) is 25.7 Å². The van der Waals surface area contributed by atoms with E-state index in [-0.39, 0.29) is 34.4 Å². The summed E-state index contributed by atoms with van der Waals surface area (Å²) in [6.45, 7) is 6.10. The number of fused-ring (bicyclic) bond motifs is 7. The van der Waals surface area contributed by atoms with Gasteiger partial charge in [0.2, 0.25) is 0 Å². The number of hydrogen-bond donors (Lipinski definition) is 1. The molecule has 25 heavy (non-hydrogen) atoms. The zero-order valence-corrected chi connectivity index (χ0v) is 15.4. The van der Waals surface area contributed by atoms with Crippen molar-refractivity contribution in [3.8, 4) is 0 Å². The molecule has 4 fully saturated rings. The number of aliphatic hydroxyl groups is 1. The van der Waals surface area contributed by atoms with E-state index in [1.807, 2.05) is 6.08 Å². The molecule has 4 aliphatic carbocycles. The topological polar surface area (TPSA) is 66.9 Å². The van der Waals surface area contributed by atoms with Crippen molar-refractivity contribution in [2.24, 2.45) is 28.6 Å². The Bertz CT molecular complexity index is 711. The Morgan fingerprint density at radius 1 is 1.32 bits per heavy atom. The van der Waals surface area contributed by atoms with Crippen LogP contribution in [0.5, 0.6) is 0 Å². The number of Topliss-reactive ketones (excluding diaryl/α,β-unsaturated/α-hetero) is 1. The number of epoxide rings is 1. The minimum absolute atomic E-state index is 0.0589. The molecule has 0 amide bonds. The molecule has 0 aromatic carbocycles. The number of allylic oxidation sites excluding steroid dienone is 1. The molecular formula is C21H28O4. The second-order valence-corrected chi connectivity index (χ2v) is 9.71. The number of carbonyl (C=O) groups is 2. The van der Waals surface area contributed by atoms with Crippen LogP contribution in [0.15, 0.2) is 11.6 Å². The first-order valence-electron chi connectivity index (χ1n) is 9.85. The molecule has 4 heteroatoms. The van der Waals surface area contributed by atoms with Crippen LogP contribution in [0.1, 0.15) is 59.3 Å². The van der Waals surface area contributed by atoms with Crippen LogP contribution in [-0.2, 0) is 14.3 Å². The average Bonchev–Trinajstić information content (AvgIpc) is 3.22. The Balaban J connectivity index is 1.56. The van der Waals surface area contributed by atoms with Crippen molar-refractivity contribution in [3.63, 3.8) is 0 Å². The van der Waals surface area contributed by atoms with Gasteiger partial charge in [0.15, 0.2) is 17.2 Å². The summed E-state index contributed by atoms with van der Waals surface area (Å²) in [5, 5.41) is 11.2. The van der Waals surface area contributed by atoms with Gasteiger partial charge in [0.25, 0.3) is 0 Å².